The van der Waals surface area contributed by atoms with Crippen molar-refractivity contribution in [1.29, 1.82) is 0 Å². The first-order chi connectivity index (χ1) is 9.08. The van der Waals surface area contributed by atoms with Gasteiger partial charge in [-0.3, -0.25) is 4.79 Å². The Labute approximate surface area is 115 Å². The monoisotopic (exact) mass is 276 g/mol. The fourth-order valence-electron chi connectivity index (χ4n) is 1.56. The molecule has 1 heterocycles. The number of nitrogens with one attached hydrogen (secondary N) is 1. The summed E-state index contributed by atoms with van der Waals surface area (Å²) < 4.78 is 0. The van der Waals surface area contributed by atoms with Crippen molar-refractivity contribution in [2.75, 3.05) is 0 Å². The predicted molar refractivity (Wildman–Crippen MR) is 75.4 cm³/mol. The third kappa shape index (κ3) is 3.68. The number of nitrogens with zero attached hydrogens (tertiary/aromatic N) is 1. The summed E-state index contributed by atoms with van der Waals surface area (Å²) in [6, 6.07) is 9.04. The highest BCUT2D eigenvalue weighted by Crippen LogP contribution is 2.26. The van der Waals surface area contributed by atoms with E-state index < -0.39 is 0 Å². The highest BCUT2D eigenvalue weighted by atomic mass is 32.2. The molecule has 0 spiro atoms. The topological polar surface area (TPSA) is 66.0 Å². The summed E-state index contributed by atoms with van der Waals surface area (Å²) >= 11 is 1.44. The minimum absolute atomic E-state index is 0.0334. The zero-order valence-electron chi connectivity index (χ0n) is 10.9. The third-order valence-electron chi connectivity index (χ3n) is 2.61. The number of aromatic amines is 1. The summed E-state index contributed by atoms with van der Waals surface area (Å²) in [5.74, 6) is 0.881. The molecule has 0 radical (unpaired) electrons. The molecule has 2 rings (SSSR count). The molecule has 0 aliphatic carbocycles. The lowest BCUT2D eigenvalue weighted by Gasteiger charge is -2.06. The first kappa shape index (κ1) is 13.8. The molecule has 0 bridgehead atoms. The molecule has 0 aliphatic rings. The van der Waals surface area contributed by atoms with E-state index in [-0.39, 0.29) is 18.1 Å². The second-order valence-corrected chi connectivity index (χ2v) is 5.62. The predicted octanol–water partition coefficient (Wildman–Crippen LogP) is 2.54. The standard InChI is InChI=1S/C14H16N2O2S/c1-9(2)14-15-12(18)7-13(16-14)19-11-5-3-10(8-17)4-6-11/h3-7,9,17H,8H2,1-2H3,(H,15,16,18). The molecule has 0 saturated heterocycles. The average molecular weight is 276 g/mol. The largest absolute Gasteiger partial charge is 0.392 e. The number of rotatable bonds is 4. The first-order valence-corrected chi connectivity index (χ1v) is 6.89. The van der Waals surface area contributed by atoms with Gasteiger partial charge in [0.05, 0.1) is 6.61 Å². The van der Waals surface area contributed by atoms with Crippen LogP contribution in [-0.4, -0.2) is 15.1 Å². The summed E-state index contributed by atoms with van der Waals surface area (Å²) in [5.41, 5.74) is 0.735. The summed E-state index contributed by atoms with van der Waals surface area (Å²) in [6.07, 6.45) is 0. The van der Waals surface area contributed by atoms with Crippen molar-refractivity contribution in [1.82, 2.24) is 9.97 Å². The molecular formula is C14H16N2O2S. The Morgan fingerprint density at radius 2 is 2.00 bits per heavy atom. The molecule has 0 atom stereocenters. The van der Waals surface area contributed by atoms with Crippen molar-refractivity contribution in [2.24, 2.45) is 0 Å². The molecule has 0 fully saturated rings. The summed E-state index contributed by atoms with van der Waals surface area (Å²) in [4.78, 5) is 19.7. The fourth-order valence-corrected chi connectivity index (χ4v) is 2.39. The van der Waals surface area contributed by atoms with E-state index in [1.165, 1.54) is 17.8 Å². The van der Waals surface area contributed by atoms with Gasteiger partial charge >= 0.3 is 0 Å². The Kier molecular flexibility index (Phi) is 4.39. The van der Waals surface area contributed by atoms with Gasteiger partial charge in [0, 0.05) is 16.9 Å². The number of aliphatic hydroxyl groups excluding tert-OH is 1. The van der Waals surface area contributed by atoms with E-state index in [2.05, 4.69) is 9.97 Å². The Balaban J connectivity index is 2.24. The zero-order chi connectivity index (χ0) is 13.8. The van der Waals surface area contributed by atoms with Crippen LogP contribution in [-0.2, 0) is 6.61 Å². The smallest absolute Gasteiger partial charge is 0.252 e. The van der Waals surface area contributed by atoms with Crippen LogP contribution in [0.1, 0.15) is 31.2 Å². The van der Waals surface area contributed by atoms with Gasteiger partial charge < -0.3 is 10.1 Å². The van der Waals surface area contributed by atoms with Gasteiger partial charge in [0.1, 0.15) is 10.9 Å². The lowest BCUT2D eigenvalue weighted by molar-refractivity contribution is 0.282. The summed E-state index contributed by atoms with van der Waals surface area (Å²) in [6.45, 7) is 4.01. The van der Waals surface area contributed by atoms with Crippen molar-refractivity contribution in [3.63, 3.8) is 0 Å². The fraction of sp³-hybridized carbons (Fsp3) is 0.286. The zero-order valence-corrected chi connectivity index (χ0v) is 11.7. The van der Waals surface area contributed by atoms with Gasteiger partial charge in [0.15, 0.2) is 0 Å². The van der Waals surface area contributed by atoms with Crippen LogP contribution in [0, 0.1) is 0 Å². The maximum Gasteiger partial charge on any atom is 0.252 e. The van der Waals surface area contributed by atoms with E-state index in [1.807, 2.05) is 38.1 Å². The molecule has 4 nitrogen and oxygen atoms in total. The van der Waals surface area contributed by atoms with Gasteiger partial charge in [0.2, 0.25) is 0 Å². The molecule has 0 saturated carbocycles. The Morgan fingerprint density at radius 1 is 1.32 bits per heavy atom. The van der Waals surface area contributed by atoms with Crippen LogP contribution in [0.25, 0.3) is 0 Å². The van der Waals surface area contributed by atoms with Crippen LogP contribution < -0.4 is 5.56 Å². The van der Waals surface area contributed by atoms with Gasteiger partial charge in [-0.05, 0) is 17.7 Å². The minimum atomic E-state index is -0.131. The second-order valence-electron chi connectivity index (χ2n) is 4.53. The van der Waals surface area contributed by atoms with Gasteiger partial charge in [-0.1, -0.05) is 37.7 Å². The van der Waals surface area contributed by atoms with Gasteiger partial charge in [0.25, 0.3) is 5.56 Å². The number of benzene rings is 1. The normalized spacial score (nSPS) is 10.9. The lowest BCUT2D eigenvalue weighted by Crippen LogP contribution is -2.11. The van der Waals surface area contributed by atoms with Crippen LogP contribution in [0.15, 0.2) is 45.0 Å². The van der Waals surface area contributed by atoms with Crippen LogP contribution in [0.2, 0.25) is 0 Å². The molecule has 1 aromatic carbocycles. The highest BCUT2D eigenvalue weighted by Gasteiger charge is 2.06. The number of aliphatic hydroxyl groups is 1. The van der Waals surface area contributed by atoms with E-state index in [0.717, 1.165) is 10.5 Å². The van der Waals surface area contributed by atoms with Crippen molar-refractivity contribution < 1.29 is 5.11 Å². The second kappa shape index (κ2) is 6.04. The minimum Gasteiger partial charge on any atom is -0.392 e. The first-order valence-electron chi connectivity index (χ1n) is 6.07. The number of aromatic nitrogens is 2. The van der Waals surface area contributed by atoms with Crippen LogP contribution in [0.5, 0.6) is 0 Å². The van der Waals surface area contributed by atoms with Gasteiger partial charge in [-0.25, -0.2) is 4.98 Å². The van der Waals surface area contributed by atoms with Crippen LogP contribution in [0.4, 0.5) is 0 Å². The molecule has 0 amide bonds. The summed E-state index contributed by atoms with van der Waals surface area (Å²) in [5, 5.41) is 9.67. The van der Waals surface area contributed by atoms with Crippen molar-refractivity contribution >= 4 is 11.8 Å². The number of H-pyrrole nitrogens is 1. The third-order valence-corrected chi connectivity index (χ3v) is 3.54. The lowest BCUT2D eigenvalue weighted by atomic mass is 10.2. The molecule has 0 aliphatic heterocycles. The quantitative estimate of drug-likeness (QED) is 0.842. The molecular weight excluding hydrogens is 260 g/mol. The molecule has 2 aromatic rings. The molecule has 2 N–H and O–H groups in total. The molecule has 5 heteroatoms. The van der Waals surface area contributed by atoms with Gasteiger partial charge in [-0.2, -0.15) is 0 Å². The van der Waals surface area contributed by atoms with Crippen LogP contribution >= 0.6 is 11.8 Å². The van der Waals surface area contributed by atoms with E-state index >= 15 is 0 Å². The number of hydrogen-bond acceptors (Lipinski definition) is 4. The van der Waals surface area contributed by atoms with Crippen molar-refractivity contribution in [2.45, 2.75) is 36.3 Å². The van der Waals surface area contributed by atoms with E-state index in [1.54, 1.807) is 0 Å². The molecule has 0 unspecified atom stereocenters. The van der Waals surface area contributed by atoms with Crippen molar-refractivity contribution in [3.8, 4) is 0 Å². The van der Waals surface area contributed by atoms with E-state index in [9.17, 15) is 4.79 Å². The van der Waals surface area contributed by atoms with Gasteiger partial charge in [-0.15, -0.1) is 0 Å². The number of hydrogen-bond donors (Lipinski definition) is 2. The van der Waals surface area contributed by atoms with Crippen LogP contribution in [0.3, 0.4) is 0 Å². The Bertz CT molecular complexity index is 606. The molecule has 19 heavy (non-hydrogen) atoms. The average Bonchev–Trinajstić information content (AvgIpc) is 2.39. The maximum absolute atomic E-state index is 11.6. The van der Waals surface area contributed by atoms with Crippen molar-refractivity contribution in [3.05, 3.63) is 52.1 Å². The Morgan fingerprint density at radius 3 is 2.58 bits per heavy atom. The van der Waals surface area contributed by atoms with E-state index in [0.29, 0.717) is 10.9 Å². The molecule has 100 valence electrons. The summed E-state index contributed by atoms with van der Waals surface area (Å²) in [7, 11) is 0. The maximum atomic E-state index is 11.6. The molecule has 1 aromatic heterocycles. The Hall–Kier alpha value is -1.59. The SMILES string of the molecule is CC(C)c1nc(Sc2ccc(CO)cc2)cc(=O)[nH]1. The van der Waals surface area contributed by atoms with E-state index in [4.69, 9.17) is 5.11 Å². The highest BCUT2D eigenvalue weighted by molar-refractivity contribution is 7.99.